The van der Waals surface area contributed by atoms with Gasteiger partial charge in [-0.05, 0) is 44.0 Å². The van der Waals surface area contributed by atoms with Crippen molar-refractivity contribution in [2.75, 3.05) is 26.7 Å². The van der Waals surface area contributed by atoms with Gasteiger partial charge < -0.3 is 9.64 Å². The van der Waals surface area contributed by atoms with Gasteiger partial charge in [-0.2, -0.15) is 0 Å². The molecule has 1 unspecified atom stereocenters. The quantitative estimate of drug-likeness (QED) is 0.510. The number of fused-ring (bicyclic) bond motifs is 3. The smallest absolute Gasteiger partial charge is 0.271 e. The number of carbonyl (C=O) groups is 1. The molecule has 2 bridgehead atoms. The van der Waals surface area contributed by atoms with Crippen LogP contribution in [0.1, 0.15) is 23.2 Å². The number of hydrogen-bond acceptors (Lipinski definition) is 4. The molecule has 5 heteroatoms. The van der Waals surface area contributed by atoms with E-state index < -0.39 is 0 Å². The molecule has 3 aliphatic heterocycles. The highest BCUT2D eigenvalue weighted by Crippen LogP contribution is 2.31. The van der Waals surface area contributed by atoms with Crippen LogP contribution in [0, 0.1) is 5.92 Å². The van der Waals surface area contributed by atoms with Crippen molar-refractivity contribution in [2.24, 2.45) is 11.8 Å². The van der Waals surface area contributed by atoms with E-state index in [4.69, 9.17) is 10.6 Å². The van der Waals surface area contributed by atoms with Gasteiger partial charge in [0, 0.05) is 6.54 Å². The second kappa shape index (κ2) is 5.42. The van der Waals surface area contributed by atoms with Gasteiger partial charge in [0.05, 0.1) is 18.7 Å². The van der Waals surface area contributed by atoms with Crippen LogP contribution >= 0.6 is 0 Å². The Labute approximate surface area is 119 Å². The topological polar surface area (TPSA) is 58.8 Å². The van der Waals surface area contributed by atoms with Crippen LogP contribution in [0.4, 0.5) is 0 Å². The molecule has 0 radical (unpaired) electrons. The van der Waals surface area contributed by atoms with Crippen molar-refractivity contribution >= 4 is 5.91 Å². The summed E-state index contributed by atoms with van der Waals surface area (Å²) < 4.78 is 5.25. The number of carbonyl (C=O) groups excluding carboxylic acids is 1. The number of methoxy groups -OCH3 is 1. The lowest BCUT2D eigenvalue weighted by atomic mass is 9.83. The van der Waals surface area contributed by atoms with E-state index in [0.717, 1.165) is 32.5 Å². The molecule has 0 saturated carbocycles. The molecule has 20 heavy (non-hydrogen) atoms. The van der Waals surface area contributed by atoms with Crippen LogP contribution in [0.2, 0.25) is 0 Å². The Morgan fingerprint density at radius 1 is 1.35 bits per heavy atom. The van der Waals surface area contributed by atoms with E-state index in [1.807, 2.05) is 12.1 Å². The van der Waals surface area contributed by atoms with Crippen LogP contribution in [0.25, 0.3) is 0 Å². The average Bonchev–Trinajstić information content (AvgIpc) is 2.54. The van der Waals surface area contributed by atoms with Gasteiger partial charge in [-0.3, -0.25) is 9.80 Å². The molecule has 3 heterocycles. The fraction of sp³-hybridized carbons (Fsp3) is 0.533. The van der Waals surface area contributed by atoms with E-state index in [0.29, 0.717) is 17.2 Å². The normalized spacial score (nSPS) is 28.2. The van der Waals surface area contributed by atoms with Crippen LogP contribution in [-0.2, 0) is 0 Å². The van der Waals surface area contributed by atoms with Crippen LogP contribution < -0.4 is 10.6 Å². The number of benzene rings is 1. The van der Waals surface area contributed by atoms with E-state index in [9.17, 15) is 4.79 Å². The lowest BCUT2D eigenvalue weighted by Crippen LogP contribution is -2.60. The predicted molar refractivity (Wildman–Crippen MR) is 76.3 cm³/mol. The summed E-state index contributed by atoms with van der Waals surface area (Å²) in [7, 11) is 1.57. The Morgan fingerprint density at radius 2 is 2.05 bits per heavy atom. The number of amides is 1. The minimum absolute atomic E-state index is 0.120. The first-order chi connectivity index (χ1) is 9.70. The molecular weight excluding hydrogens is 254 g/mol. The molecule has 1 aromatic rings. The third-order valence-electron chi connectivity index (χ3n) is 4.55. The van der Waals surface area contributed by atoms with Gasteiger partial charge in [-0.1, -0.05) is 12.1 Å². The highest BCUT2D eigenvalue weighted by Gasteiger charge is 2.38. The molecular formula is C15H21N3O2. The SMILES string of the molecule is COc1ccccc1C(=O)N(N)C1CN2CCC1CC2. The Balaban J connectivity index is 1.80. The summed E-state index contributed by atoms with van der Waals surface area (Å²) in [5.41, 5.74) is 0.536. The summed E-state index contributed by atoms with van der Waals surface area (Å²) in [6.07, 6.45) is 2.27. The van der Waals surface area contributed by atoms with Crippen LogP contribution in [0.3, 0.4) is 0 Å². The third-order valence-corrected chi connectivity index (χ3v) is 4.55. The van der Waals surface area contributed by atoms with Gasteiger partial charge in [0.25, 0.3) is 5.91 Å². The van der Waals surface area contributed by atoms with Crippen molar-refractivity contribution in [1.29, 1.82) is 0 Å². The molecule has 1 atom stereocenters. The summed E-state index contributed by atoms with van der Waals surface area (Å²) in [5, 5.41) is 1.42. The highest BCUT2D eigenvalue weighted by molar-refractivity contribution is 5.96. The molecule has 2 N–H and O–H groups in total. The summed E-state index contributed by atoms with van der Waals surface area (Å²) in [4.78, 5) is 15.0. The van der Waals surface area contributed by atoms with E-state index in [-0.39, 0.29) is 11.9 Å². The van der Waals surface area contributed by atoms with Gasteiger partial charge in [-0.15, -0.1) is 0 Å². The largest absolute Gasteiger partial charge is 0.496 e. The minimum atomic E-state index is -0.152. The minimum Gasteiger partial charge on any atom is -0.496 e. The summed E-state index contributed by atoms with van der Waals surface area (Å²) in [5.74, 6) is 7.09. The first-order valence-corrected chi connectivity index (χ1v) is 7.14. The van der Waals surface area contributed by atoms with E-state index in [1.54, 1.807) is 19.2 Å². The zero-order valence-corrected chi connectivity index (χ0v) is 11.8. The zero-order chi connectivity index (χ0) is 14.1. The van der Waals surface area contributed by atoms with E-state index >= 15 is 0 Å². The molecule has 4 rings (SSSR count). The van der Waals surface area contributed by atoms with E-state index in [2.05, 4.69) is 4.90 Å². The van der Waals surface area contributed by atoms with Crippen LogP contribution in [-0.4, -0.2) is 48.6 Å². The molecule has 0 aliphatic carbocycles. The molecule has 0 aromatic heterocycles. The van der Waals surface area contributed by atoms with Gasteiger partial charge in [0.15, 0.2) is 0 Å². The molecule has 3 fully saturated rings. The van der Waals surface area contributed by atoms with Gasteiger partial charge >= 0.3 is 0 Å². The second-order valence-electron chi connectivity index (χ2n) is 5.62. The van der Waals surface area contributed by atoms with Crippen molar-refractivity contribution in [3.8, 4) is 5.75 Å². The molecule has 1 amide bonds. The number of nitrogens with zero attached hydrogens (tertiary/aromatic N) is 2. The van der Waals surface area contributed by atoms with Crippen molar-refractivity contribution in [2.45, 2.75) is 18.9 Å². The first kappa shape index (κ1) is 13.4. The Morgan fingerprint density at radius 3 is 2.65 bits per heavy atom. The van der Waals surface area contributed by atoms with Gasteiger partial charge in [0.2, 0.25) is 0 Å². The molecule has 108 valence electrons. The third kappa shape index (κ3) is 2.27. The number of para-hydroxylation sites is 1. The Kier molecular flexibility index (Phi) is 3.63. The monoisotopic (exact) mass is 275 g/mol. The van der Waals surface area contributed by atoms with Crippen molar-refractivity contribution < 1.29 is 9.53 Å². The van der Waals surface area contributed by atoms with E-state index in [1.165, 1.54) is 5.01 Å². The van der Waals surface area contributed by atoms with Crippen molar-refractivity contribution in [1.82, 2.24) is 9.91 Å². The fourth-order valence-corrected chi connectivity index (χ4v) is 3.36. The molecule has 0 spiro atoms. The maximum Gasteiger partial charge on any atom is 0.271 e. The maximum atomic E-state index is 12.6. The Hall–Kier alpha value is -1.59. The number of rotatable bonds is 3. The summed E-state index contributed by atoms with van der Waals surface area (Å²) in [6, 6.07) is 7.36. The van der Waals surface area contributed by atoms with Crippen LogP contribution in [0.5, 0.6) is 5.75 Å². The molecule has 3 saturated heterocycles. The zero-order valence-electron chi connectivity index (χ0n) is 11.8. The molecule has 5 nitrogen and oxygen atoms in total. The number of ether oxygens (including phenoxy) is 1. The number of piperidine rings is 3. The number of hydrazine groups is 1. The van der Waals surface area contributed by atoms with Crippen LogP contribution in [0.15, 0.2) is 24.3 Å². The standard InChI is InChI=1S/C15H21N3O2/c1-20-14-5-3-2-4-12(14)15(19)18(16)13-10-17-8-6-11(13)7-9-17/h2-5,11,13H,6-10,16H2,1H3. The molecule has 1 aromatic carbocycles. The Bertz CT molecular complexity index is 498. The highest BCUT2D eigenvalue weighted by atomic mass is 16.5. The van der Waals surface area contributed by atoms with Gasteiger partial charge in [-0.25, -0.2) is 5.84 Å². The maximum absolute atomic E-state index is 12.6. The fourth-order valence-electron chi connectivity index (χ4n) is 3.36. The van der Waals surface area contributed by atoms with Crippen molar-refractivity contribution in [3.05, 3.63) is 29.8 Å². The van der Waals surface area contributed by atoms with Gasteiger partial charge in [0.1, 0.15) is 5.75 Å². The summed E-state index contributed by atoms with van der Waals surface area (Å²) >= 11 is 0. The lowest BCUT2D eigenvalue weighted by Gasteiger charge is -2.47. The number of nitrogens with two attached hydrogens (primary N) is 1. The lowest BCUT2D eigenvalue weighted by molar-refractivity contribution is 0.00696. The van der Waals surface area contributed by atoms with Crippen molar-refractivity contribution in [3.63, 3.8) is 0 Å². The summed E-state index contributed by atoms with van der Waals surface area (Å²) in [6.45, 7) is 3.16. The predicted octanol–water partition coefficient (Wildman–Crippen LogP) is 1.11. The first-order valence-electron chi connectivity index (χ1n) is 7.14. The second-order valence-corrected chi connectivity index (χ2v) is 5.62. The number of hydrogen-bond donors (Lipinski definition) is 1. The average molecular weight is 275 g/mol. The molecule has 3 aliphatic rings.